The monoisotopic (exact) mass is 358 g/mol. The van der Waals surface area contributed by atoms with Gasteiger partial charge in [0.15, 0.2) is 5.16 Å². The van der Waals surface area contributed by atoms with Crippen molar-refractivity contribution in [2.24, 2.45) is 7.05 Å². The van der Waals surface area contributed by atoms with Gasteiger partial charge in [0.1, 0.15) is 18.9 Å². The number of aromatic nitrogens is 2. The third-order valence-electron chi connectivity index (χ3n) is 2.93. The van der Waals surface area contributed by atoms with Crippen LogP contribution in [0.5, 0.6) is 0 Å². The van der Waals surface area contributed by atoms with Gasteiger partial charge in [0.05, 0.1) is 5.69 Å². The predicted octanol–water partition coefficient (Wildman–Crippen LogP) is 2.41. The van der Waals surface area contributed by atoms with Crippen molar-refractivity contribution in [3.63, 3.8) is 0 Å². The average molecular weight is 358 g/mol. The maximum Gasteiger partial charge on any atom is 0.407 e. The molecule has 0 bridgehead atoms. The molecule has 0 atom stereocenters. The maximum absolute atomic E-state index is 11.6. The number of nitrogens with one attached hydrogen (secondary N) is 2. The molecule has 0 radical (unpaired) electrons. The van der Waals surface area contributed by atoms with E-state index in [0.29, 0.717) is 11.4 Å². The van der Waals surface area contributed by atoms with Crippen LogP contribution in [-0.4, -0.2) is 40.1 Å². The Morgan fingerprint density at radius 3 is 2.04 bits per heavy atom. The normalized spacial score (nSPS) is 10.8. The molecule has 0 saturated carbocycles. The van der Waals surface area contributed by atoms with Gasteiger partial charge in [-0.3, -0.25) is 0 Å². The molecule has 136 valence electrons. The van der Waals surface area contributed by atoms with Crippen molar-refractivity contribution in [3.05, 3.63) is 11.4 Å². The molecule has 1 aromatic heterocycles. The molecular formula is C15H26N4O4S. The SMILES string of the molecule is CSc1nc(COC(=O)NC(C)C)c(COC(=O)NC(C)C)n1C. The van der Waals surface area contributed by atoms with Crippen LogP contribution >= 0.6 is 11.8 Å². The number of carbonyl (C=O) groups excluding carboxylic acids is 2. The Balaban J connectivity index is 2.76. The number of thioether (sulfide) groups is 1. The highest BCUT2D eigenvalue weighted by Crippen LogP contribution is 2.20. The van der Waals surface area contributed by atoms with Gasteiger partial charge in [0.25, 0.3) is 0 Å². The highest BCUT2D eigenvalue weighted by atomic mass is 32.2. The first-order valence-corrected chi connectivity index (χ1v) is 8.92. The van der Waals surface area contributed by atoms with Gasteiger partial charge in [-0.2, -0.15) is 0 Å². The number of alkyl carbamates (subject to hydrolysis) is 2. The molecule has 9 heteroatoms. The Morgan fingerprint density at radius 2 is 1.58 bits per heavy atom. The molecule has 2 N–H and O–H groups in total. The van der Waals surface area contributed by atoms with Crippen molar-refractivity contribution in [2.45, 2.75) is 58.1 Å². The van der Waals surface area contributed by atoms with Gasteiger partial charge in [-0.05, 0) is 34.0 Å². The maximum atomic E-state index is 11.6. The number of carbonyl (C=O) groups is 2. The molecule has 0 aliphatic rings. The summed E-state index contributed by atoms with van der Waals surface area (Å²) >= 11 is 1.46. The Kier molecular flexibility index (Phi) is 7.90. The van der Waals surface area contributed by atoms with Crippen LogP contribution < -0.4 is 10.6 Å². The van der Waals surface area contributed by atoms with Crippen molar-refractivity contribution in [2.75, 3.05) is 6.26 Å². The lowest BCUT2D eigenvalue weighted by atomic mass is 10.3. The predicted molar refractivity (Wildman–Crippen MR) is 91.9 cm³/mol. The summed E-state index contributed by atoms with van der Waals surface area (Å²) in [4.78, 5) is 27.7. The molecule has 0 fully saturated rings. The standard InChI is InChI=1S/C15H26N4O4S/c1-9(2)16-14(20)22-7-11-12(19(5)13(18-11)24-6)8-23-15(21)17-10(3)4/h9-10H,7-8H2,1-6H3,(H,16,20)(H,17,21). The average Bonchev–Trinajstić information content (AvgIpc) is 2.77. The van der Waals surface area contributed by atoms with Crippen molar-refractivity contribution < 1.29 is 19.1 Å². The quantitative estimate of drug-likeness (QED) is 0.727. The lowest BCUT2D eigenvalue weighted by molar-refractivity contribution is 0.126. The molecule has 0 saturated heterocycles. The second kappa shape index (κ2) is 9.41. The van der Waals surface area contributed by atoms with Crippen LogP contribution in [0.1, 0.15) is 39.1 Å². The zero-order chi connectivity index (χ0) is 18.3. The zero-order valence-electron chi connectivity index (χ0n) is 15.0. The van der Waals surface area contributed by atoms with Gasteiger partial charge in [0.2, 0.25) is 0 Å². The molecule has 24 heavy (non-hydrogen) atoms. The topological polar surface area (TPSA) is 94.5 Å². The van der Waals surface area contributed by atoms with Crippen LogP contribution in [-0.2, 0) is 29.7 Å². The van der Waals surface area contributed by atoms with E-state index in [1.165, 1.54) is 11.8 Å². The first-order valence-electron chi connectivity index (χ1n) is 7.69. The van der Waals surface area contributed by atoms with E-state index in [4.69, 9.17) is 9.47 Å². The van der Waals surface area contributed by atoms with E-state index in [1.807, 2.05) is 45.6 Å². The Labute approximate surface area is 146 Å². The number of hydrogen-bond acceptors (Lipinski definition) is 6. The zero-order valence-corrected chi connectivity index (χ0v) is 15.8. The minimum Gasteiger partial charge on any atom is -0.443 e. The number of hydrogen-bond donors (Lipinski definition) is 2. The van der Waals surface area contributed by atoms with Crippen molar-refractivity contribution in [3.8, 4) is 0 Å². The van der Waals surface area contributed by atoms with E-state index in [-0.39, 0.29) is 25.3 Å². The molecule has 1 rings (SSSR count). The van der Waals surface area contributed by atoms with Crippen LogP contribution in [0.25, 0.3) is 0 Å². The van der Waals surface area contributed by atoms with Gasteiger partial charge in [-0.1, -0.05) is 11.8 Å². The second-order valence-electron chi connectivity index (χ2n) is 5.80. The van der Waals surface area contributed by atoms with Gasteiger partial charge in [-0.15, -0.1) is 0 Å². The minimum absolute atomic E-state index is 0.00618. The molecule has 1 heterocycles. The Hall–Kier alpha value is -1.90. The van der Waals surface area contributed by atoms with Crippen LogP contribution in [0.2, 0.25) is 0 Å². The molecule has 0 aliphatic heterocycles. The van der Waals surface area contributed by atoms with Crippen LogP contribution in [0.3, 0.4) is 0 Å². The number of imidazole rings is 1. The summed E-state index contributed by atoms with van der Waals surface area (Å²) in [6.07, 6.45) is 0.890. The first kappa shape index (κ1) is 20.1. The van der Waals surface area contributed by atoms with E-state index in [2.05, 4.69) is 15.6 Å². The van der Waals surface area contributed by atoms with E-state index in [1.54, 1.807) is 0 Å². The summed E-state index contributed by atoms with van der Waals surface area (Å²) in [5.41, 5.74) is 1.26. The first-order chi connectivity index (χ1) is 11.2. The minimum atomic E-state index is -0.509. The molecule has 0 spiro atoms. The summed E-state index contributed by atoms with van der Waals surface area (Å²) in [6, 6.07) is -0.0150. The fraction of sp³-hybridized carbons (Fsp3) is 0.667. The fourth-order valence-corrected chi connectivity index (χ4v) is 2.45. The fourth-order valence-electron chi connectivity index (χ4n) is 1.86. The van der Waals surface area contributed by atoms with Crippen LogP contribution in [0.4, 0.5) is 9.59 Å². The third-order valence-corrected chi connectivity index (χ3v) is 3.66. The highest BCUT2D eigenvalue weighted by molar-refractivity contribution is 7.98. The molecule has 0 aliphatic carbocycles. The lowest BCUT2D eigenvalue weighted by Crippen LogP contribution is -2.31. The van der Waals surface area contributed by atoms with Gasteiger partial charge < -0.3 is 24.7 Å². The molecule has 0 aromatic carbocycles. The molecule has 2 amide bonds. The van der Waals surface area contributed by atoms with Crippen LogP contribution in [0, 0.1) is 0 Å². The number of ether oxygens (including phenoxy) is 2. The number of nitrogens with zero attached hydrogens (tertiary/aromatic N) is 2. The summed E-state index contributed by atoms with van der Waals surface area (Å²) in [5, 5.41) is 6.05. The summed E-state index contributed by atoms with van der Waals surface area (Å²) in [6.45, 7) is 7.46. The van der Waals surface area contributed by atoms with Crippen molar-refractivity contribution in [1.82, 2.24) is 20.2 Å². The van der Waals surface area contributed by atoms with Crippen molar-refractivity contribution in [1.29, 1.82) is 0 Å². The molecule has 1 aromatic rings. The highest BCUT2D eigenvalue weighted by Gasteiger charge is 2.18. The van der Waals surface area contributed by atoms with E-state index in [9.17, 15) is 9.59 Å². The van der Waals surface area contributed by atoms with E-state index >= 15 is 0 Å². The van der Waals surface area contributed by atoms with Gasteiger partial charge in [0, 0.05) is 19.1 Å². The van der Waals surface area contributed by atoms with Crippen LogP contribution in [0.15, 0.2) is 5.16 Å². The van der Waals surface area contributed by atoms with Crippen molar-refractivity contribution >= 4 is 23.9 Å². The number of amides is 2. The summed E-state index contributed by atoms with van der Waals surface area (Å²) in [5.74, 6) is 0. The Morgan fingerprint density at radius 1 is 1.08 bits per heavy atom. The van der Waals surface area contributed by atoms with E-state index in [0.717, 1.165) is 5.16 Å². The number of rotatable bonds is 7. The van der Waals surface area contributed by atoms with E-state index < -0.39 is 12.2 Å². The summed E-state index contributed by atoms with van der Waals surface area (Å²) in [7, 11) is 1.83. The summed E-state index contributed by atoms with van der Waals surface area (Å²) < 4.78 is 12.2. The smallest absolute Gasteiger partial charge is 0.407 e. The van der Waals surface area contributed by atoms with Gasteiger partial charge in [-0.25, -0.2) is 14.6 Å². The molecule has 8 nitrogen and oxygen atoms in total. The van der Waals surface area contributed by atoms with Gasteiger partial charge >= 0.3 is 12.2 Å². The lowest BCUT2D eigenvalue weighted by Gasteiger charge is -2.12. The third kappa shape index (κ3) is 6.31. The molecular weight excluding hydrogens is 332 g/mol. The largest absolute Gasteiger partial charge is 0.443 e. The second-order valence-corrected chi connectivity index (χ2v) is 6.57. The Bertz CT molecular complexity index is 572. The molecule has 0 unspecified atom stereocenters.